The molecule has 0 saturated carbocycles. The standard InChI is InChI=1S/C67H104O6/c1-4-7-10-13-16-19-22-25-28-31-32-33-34-37-39-42-45-48-51-54-57-60-66(69)72-63-64(73-67(70)61-58-55-52-49-46-43-40-36-30-27-24-21-18-15-12-9-6-3)62-71-65(68)59-56-53-50-47-44-41-38-35-29-26-23-20-17-14-11-8-5-2/h7-12,16-21,25-30,32-33,37-41,43,64H,4-6,13-15,22-24,31,34-36,42,44-63H2,1-3H3/b10-7-,11-8-,12-9-,19-16-,20-17-,21-18-,28-25-,29-26-,30-27-,33-32-,39-37-,41-38-,43-40-. The Kier molecular flexibility index (Phi) is 55.5. The average Bonchev–Trinajstić information content (AvgIpc) is 3.39. The van der Waals surface area contributed by atoms with Gasteiger partial charge in [0.25, 0.3) is 0 Å². The molecule has 0 amide bonds. The van der Waals surface area contributed by atoms with Crippen LogP contribution in [0.4, 0.5) is 0 Å². The summed E-state index contributed by atoms with van der Waals surface area (Å²) in [5, 5.41) is 0. The lowest BCUT2D eigenvalue weighted by Gasteiger charge is -2.18. The Balaban J connectivity index is 4.54. The van der Waals surface area contributed by atoms with Crippen LogP contribution in [0.1, 0.15) is 226 Å². The number of unbranched alkanes of at least 4 members (excludes halogenated alkanes) is 13. The Morgan fingerprint density at radius 1 is 0.274 bits per heavy atom. The molecule has 0 aromatic carbocycles. The molecule has 0 heterocycles. The lowest BCUT2D eigenvalue weighted by Crippen LogP contribution is -2.30. The van der Waals surface area contributed by atoms with Gasteiger partial charge in [-0.1, -0.05) is 224 Å². The topological polar surface area (TPSA) is 78.9 Å². The molecule has 0 fully saturated rings. The fraction of sp³-hybridized carbons (Fsp3) is 0.567. The maximum Gasteiger partial charge on any atom is 0.306 e. The summed E-state index contributed by atoms with van der Waals surface area (Å²) in [6, 6.07) is 0. The molecule has 73 heavy (non-hydrogen) atoms. The molecule has 0 radical (unpaired) electrons. The fourth-order valence-electron chi connectivity index (χ4n) is 7.27. The predicted octanol–water partition coefficient (Wildman–Crippen LogP) is 19.8. The van der Waals surface area contributed by atoms with Crippen molar-refractivity contribution in [2.24, 2.45) is 0 Å². The summed E-state index contributed by atoms with van der Waals surface area (Å²) in [7, 11) is 0. The van der Waals surface area contributed by atoms with Crippen molar-refractivity contribution in [3.8, 4) is 0 Å². The number of esters is 3. The van der Waals surface area contributed by atoms with Gasteiger partial charge >= 0.3 is 17.9 Å². The minimum Gasteiger partial charge on any atom is -0.462 e. The largest absolute Gasteiger partial charge is 0.462 e. The molecule has 0 N–H and O–H groups in total. The molecule has 0 bridgehead atoms. The van der Waals surface area contributed by atoms with Crippen molar-refractivity contribution < 1.29 is 28.6 Å². The first-order valence-electron chi connectivity index (χ1n) is 29.0. The molecule has 0 rings (SSSR count). The zero-order valence-electron chi connectivity index (χ0n) is 46.6. The van der Waals surface area contributed by atoms with E-state index in [2.05, 4.69) is 179 Å². The van der Waals surface area contributed by atoms with Crippen LogP contribution in [-0.4, -0.2) is 37.2 Å². The van der Waals surface area contributed by atoms with Crippen LogP contribution in [0.25, 0.3) is 0 Å². The van der Waals surface area contributed by atoms with Gasteiger partial charge in [0.2, 0.25) is 0 Å². The summed E-state index contributed by atoms with van der Waals surface area (Å²) in [4.78, 5) is 38.2. The van der Waals surface area contributed by atoms with Crippen LogP contribution in [0.3, 0.4) is 0 Å². The molecule has 0 aliphatic rings. The highest BCUT2D eigenvalue weighted by molar-refractivity contribution is 5.71. The van der Waals surface area contributed by atoms with Gasteiger partial charge in [-0.2, -0.15) is 0 Å². The van der Waals surface area contributed by atoms with Crippen LogP contribution < -0.4 is 0 Å². The zero-order valence-corrected chi connectivity index (χ0v) is 46.6. The molecule has 0 aliphatic heterocycles. The van der Waals surface area contributed by atoms with Crippen molar-refractivity contribution in [3.63, 3.8) is 0 Å². The van der Waals surface area contributed by atoms with Crippen molar-refractivity contribution >= 4 is 17.9 Å². The van der Waals surface area contributed by atoms with Crippen LogP contribution in [0.15, 0.2) is 158 Å². The third-order valence-electron chi connectivity index (χ3n) is 11.5. The van der Waals surface area contributed by atoms with E-state index in [1.54, 1.807) is 0 Å². The number of ether oxygens (including phenoxy) is 3. The molecule has 6 nitrogen and oxygen atoms in total. The summed E-state index contributed by atoms with van der Waals surface area (Å²) < 4.78 is 16.8. The maximum absolute atomic E-state index is 12.9. The molecule has 408 valence electrons. The molecule has 0 spiro atoms. The highest BCUT2D eigenvalue weighted by Crippen LogP contribution is 2.13. The summed E-state index contributed by atoms with van der Waals surface area (Å²) in [5.74, 6) is -0.987. The Morgan fingerprint density at radius 3 is 0.767 bits per heavy atom. The predicted molar refractivity (Wildman–Crippen MR) is 315 cm³/mol. The SMILES string of the molecule is CC/C=C\C/C=C\C/C=C\C/C=C\C/C=C\CCCCCCCC(=O)OCC(COC(=O)CCCCCC/C=C\C/C=C\C/C=C\C/C=C\CC)OC(=O)CCCCCC/C=C\C/C=C\C/C=C\C/C=C\CC. The van der Waals surface area contributed by atoms with E-state index in [4.69, 9.17) is 14.2 Å². The van der Waals surface area contributed by atoms with E-state index in [9.17, 15) is 14.4 Å². The van der Waals surface area contributed by atoms with Crippen LogP contribution in [0, 0.1) is 0 Å². The number of carbonyl (C=O) groups is 3. The molecular formula is C67H104O6. The van der Waals surface area contributed by atoms with E-state index in [0.717, 1.165) is 186 Å². The Morgan fingerprint density at radius 2 is 0.493 bits per heavy atom. The highest BCUT2D eigenvalue weighted by Gasteiger charge is 2.19. The quantitative estimate of drug-likeness (QED) is 0.0261. The van der Waals surface area contributed by atoms with Crippen LogP contribution >= 0.6 is 0 Å². The lowest BCUT2D eigenvalue weighted by molar-refractivity contribution is -0.167. The number of hydrogen-bond acceptors (Lipinski definition) is 6. The Labute approximate surface area is 448 Å². The lowest BCUT2D eigenvalue weighted by atomic mass is 10.1. The third-order valence-corrected chi connectivity index (χ3v) is 11.5. The van der Waals surface area contributed by atoms with Gasteiger partial charge in [-0.25, -0.2) is 0 Å². The maximum atomic E-state index is 12.9. The van der Waals surface area contributed by atoms with E-state index in [-0.39, 0.29) is 37.5 Å². The summed E-state index contributed by atoms with van der Waals surface area (Å²) in [6.07, 6.45) is 86.5. The van der Waals surface area contributed by atoms with Gasteiger partial charge in [-0.05, 0) is 141 Å². The van der Waals surface area contributed by atoms with Crippen molar-refractivity contribution in [2.45, 2.75) is 232 Å². The normalized spacial score (nSPS) is 13.3. The van der Waals surface area contributed by atoms with Gasteiger partial charge in [0.1, 0.15) is 13.2 Å². The van der Waals surface area contributed by atoms with Crippen molar-refractivity contribution in [3.05, 3.63) is 158 Å². The molecule has 6 heteroatoms. The Bertz CT molecular complexity index is 1670. The molecule has 1 unspecified atom stereocenters. The summed E-state index contributed by atoms with van der Waals surface area (Å²) >= 11 is 0. The van der Waals surface area contributed by atoms with Crippen molar-refractivity contribution in [1.29, 1.82) is 0 Å². The minimum absolute atomic E-state index is 0.114. The Hall–Kier alpha value is -4.97. The van der Waals surface area contributed by atoms with E-state index >= 15 is 0 Å². The highest BCUT2D eigenvalue weighted by atomic mass is 16.6. The second-order valence-electron chi connectivity index (χ2n) is 18.4. The van der Waals surface area contributed by atoms with Crippen LogP contribution in [-0.2, 0) is 28.6 Å². The van der Waals surface area contributed by atoms with Crippen LogP contribution in [0.2, 0.25) is 0 Å². The summed E-state index contributed by atoms with van der Waals surface area (Å²) in [6.45, 7) is 6.23. The monoisotopic (exact) mass is 1000 g/mol. The molecular weight excluding hydrogens is 901 g/mol. The van der Waals surface area contributed by atoms with E-state index in [1.807, 2.05) is 0 Å². The fourth-order valence-corrected chi connectivity index (χ4v) is 7.27. The van der Waals surface area contributed by atoms with Crippen molar-refractivity contribution in [2.75, 3.05) is 13.2 Å². The minimum atomic E-state index is -0.819. The van der Waals surface area contributed by atoms with Gasteiger partial charge in [0.05, 0.1) is 0 Å². The first-order valence-corrected chi connectivity index (χ1v) is 29.0. The van der Waals surface area contributed by atoms with Gasteiger partial charge in [0, 0.05) is 19.3 Å². The molecule has 0 aromatic heterocycles. The second kappa shape index (κ2) is 59.6. The number of carbonyl (C=O) groups excluding carboxylic acids is 3. The van der Waals surface area contributed by atoms with Gasteiger partial charge in [-0.15, -0.1) is 0 Å². The number of hydrogen-bond donors (Lipinski definition) is 0. The molecule has 0 aromatic rings. The second-order valence-corrected chi connectivity index (χ2v) is 18.4. The van der Waals surface area contributed by atoms with Crippen molar-refractivity contribution in [1.82, 2.24) is 0 Å². The van der Waals surface area contributed by atoms with Gasteiger partial charge in [0.15, 0.2) is 6.10 Å². The number of allylic oxidation sites excluding steroid dienone is 26. The van der Waals surface area contributed by atoms with E-state index in [0.29, 0.717) is 12.8 Å². The zero-order chi connectivity index (χ0) is 52.9. The average molecular weight is 1010 g/mol. The first-order chi connectivity index (χ1) is 36.0. The van der Waals surface area contributed by atoms with Gasteiger partial charge < -0.3 is 14.2 Å². The summed E-state index contributed by atoms with van der Waals surface area (Å²) in [5.41, 5.74) is 0. The smallest absolute Gasteiger partial charge is 0.306 e. The molecule has 1 atom stereocenters. The third kappa shape index (κ3) is 57.8. The van der Waals surface area contributed by atoms with Gasteiger partial charge in [-0.3, -0.25) is 14.4 Å². The van der Waals surface area contributed by atoms with E-state index < -0.39 is 6.10 Å². The molecule has 0 saturated heterocycles. The molecule has 0 aliphatic carbocycles. The number of rotatable bonds is 50. The van der Waals surface area contributed by atoms with Crippen LogP contribution in [0.5, 0.6) is 0 Å². The first kappa shape index (κ1) is 68.0. The van der Waals surface area contributed by atoms with E-state index in [1.165, 1.54) is 0 Å².